The lowest BCUT2D eigenvalue weighted by molar-refractivity contribution is -0.180. The van der Waals surface area contributed by atoms with Crippen molar-refractivity contribution in [2.24, 2.45) is 0 Å². The summed E-state index contributed by atoms with van der Waals surface area (Å²) in [5, 5.41) is 0. The molecule has 26 heavy (non-hydrogen) atoms. The van der Waals surface area contributed by atoms with E-state index in [2.05, 4.69) is 8.92 Å². The van der Waals surface area contributed by atoms with Gasteiger partial charge < -0.3 is 8.92 Å². The predicted octanol–water partition coefficient (Wildman–Crippen LogP) is 1.91. The highest BCUT2D eigenvalue weighted by Crippen LogP contribution is 2.54. The van der Waals surface area contributed by atoms with Crippen LogP contribution in [0, 0.1) is 0 Å². The summed E-state index contributed by atoms with van der Waals surface area (Å²) in [5.74, 6) is -2.89. The first kappa shape index (κ1) is 20.1. The van der Waals surface area contributed by atoms with Crippen LogP contribution in [0.5, 0.6) is 5.75 Å². The molecule has 0 N–H and O–H groups in total. The Labute approximate surface area is 141 Å². The van der Waals surface area contributed by atoms with Crippen LogP contribution in [0.4, 0.5) is 26.3 Å². The Balaban J connectivity index is 2.64. The molecule has 2 rings (SSSR count). The van der Waals surface area contributed by atoms with E-state index in [9.17, 15) is 44.3 Å². The van der Waals surface area contributed by atoms with Gasteiger partial charge in [-0.2, -0.15) is 34.8 Å². The number of alkyl halides is 6. The smallest absolute Gasteiger partial charge is 0.465 e. The molecule has 1 heterocycles. The Morgan fingerprint density at radius 2 is 1.73 bits per heavy atom. The summed E-state index contributed by atoms with van der Waals surface area (Å²) in [6, 6.07) is 0.0569. The molecular weight excluding hydrogens is 400 g/mol. The monoisotopic (exact) mass is 409 g/mol. The van der Waals surface area contributed by atoms with E-state index in [1.165, 1.54) is 0 Å². The number of carbonyl (C=O) groups excluding carboxylic acids is 1. The SMILES string of the molecule is COC(=O)c1cn(C2(C(F)(F)F)CC2)c(=O)cc1OS(=O)(=O)C(F)(F)F. The Morgan fingerprint density at radius 1 is 1.19 bits per heavy atom. The quantitative estimate of drug-likeness (QED) is 0.327. The fourth-order valence-corrected chi connectivity index (χ4v) is 2.60. The molecule has 1 fully saturated rings. The summed E-state index contributed by atoms with van der Waals surface area (Å²) in [5.41, 5.74) is -11.1. The highest BCUT2D eigenvalue weighted by atomic mass is 32.2. The molecule has 0 aromatic carbocycles. The van der Waals surface area contributed by atoms with E-state index in [1.54, 1.807) is 0 Å². The highest BCUT2D eigenvalue weighted by Gasteiger charge is 2.65. The van der Waals surface area contributed by atoms with Crippen LogP contribution in [0.15, 0.2) is 17.1 Å². The zero-order valence-electron chi connectivity index (χ0n) is 12.6. The summed E-state index contributed by atoms with van der Waals surface area (Å²) < 4.78 is 107. The Bertz CT molecular complexity index is 896. The predicted molar refractivity (Wildman–Crippen MR) is 70.9 cm³/mol. The minimum absolute atomic E-state index is 0.0569. The molecule has 0 unspecified atom stereocenters. The first-order valence-corrected chi connectivity index (χ1v) is 8.00. The molecule has 1 aromatic rings. The topological polar surface area (TPSA) is 91.7 Å². The number of halogens is 6. The number of ether oxygens (including phenoxy) is 1. The van der Waals surface area contributed by atoms with Crippen molar-refractivity contribution < 1.29 is 48.5 Å². The number of aromatic nitrogens is 1. The van der Waals surface area contributed by atoms with E-state index >= 15 is 0 Å². The van der Waals surface area contributed by atoms with Crippen LogP contribution in [-0.2, 0) is 20.4 Å². The minimum Gasteiger partial charge on any atom is -0.465 e. The van der Waals surface area contributed by atoms with E-state index in [4.69, 9.17) is 0 Å². The number of nitrogens with zero attached hydrogens (tertiary/aromatic N) is 1. The van der Waals surface area contributed by atoms with Gasteiger partial charge in [-0.1, -0.05) is 0 Å². The van der Waals surface area contributed by atoms with Crippen molar-refractivity contribution in [1.82, 2.24) is 4.57 Å². The summed E-state index contributed by atoms with van der Waals surface area (Å²) in [4.78, 5) is 23.6. The van der Waals surface area contributed by atoms with Gasteiger partial charge in [0.1, 0.15) is 11.1 Å². The van der Waals surface area contributed by atoms with Gasteiger partial charge in [-0.15, -0.1) is 0 Å². The molecule has 0 aliphatic heterocycles. The van der Waals surface area contributed by atoms with Gasteiger partial charge in [-0.05, 0) is 12.8 Å². The van der Waals surface area contributed by atoms with Crippen molar-refractivity contribution in [3.8, 4) is 5.75 Å². The minimum atomic E-state index is -6.27. The number of methoxy groups -OCH3 is 1. The maximum absolute atomic E-state index is 13.2. The zero-order chi connectivity index (χ0) is 20.1. The first-order chi connectivity index (χ1) is 11.7. The van der Waals surface area contributed by atoms with E-state index in [0.29, 0.717) is 0 Å². The summed E-state index contributed by atoms with van der Waals surface area (Å²) >= 11 is 0. The number of pyridine rings is 1. The van der Waals surface area contributed by atoms with Crippen LogP contribution in [0.2, 0.25) is 0 Å². The third-order valence-electron chi connectivity index (χ3n) is 3.62. The van der Waals surface area contributed by atoms with Crippen LogP contribution in [0.25, 0.3) is 0 Å². The summed E-state index contributed by atoms with van der Waals surface area (Å²) in [7, 11) is -5.52. The lowest BCUT2D eigenvalue weighted by Crippen LogP contribution is -2.41. The van der Waals surface area contributed by atoms with Gasteiger partial charge >= 0.3 is 27.8 Å². The number of hydrogen-bond donors (Lipinski definition) is 0. The molecule has 1 saturated carbocycles. The molecule has 0 spiro atoms. The van der Waals surface area contributed by atoms with Gasteiger partial charge in [0.15, 0.2) is 5.75 Å². The second kappa shape index (κ2) is 5.89. The van der Waals surface area contributed by atoms with Gasteiger partial charge in [0.05, 0.1) is 7.11 Å². The van der Waals surface area contributed by atoms with Gasteiger partial charge in [0.25, 0.3) is 5.56 Å². The Morgan fingerprint density at radius 3 is 2.12 bits per heavy atom. The van der Waals surface area contributed by atoms with Crippen molar-refractivity contribution in [1.29, 1.82) is 0 Å². The summed E-state index contributed by atoms with van der Waals surface area (Å²) in [6.07, 6.45) is -5.61. The first-order valence-electron chi connectivity index (χ1n) is 6.59. The number of esters is 1. The molecule has 0 amide bonds. The standard InChI is InChI=1S/C12H9F6NO6S/c1-24-9(21)6-5-19(10(2-3-10)11(13,14)15)8(20)4-7(6)25-26(22,23)12(16,17)18/h4-5H,2-3H2,1H3. The van der Waals surface area contributed by atoms with Crippen molar-refractivity contribution in [3.05, 3.63) is 28.2 Å². The van der Waals surface area contributed by atoms with Crippen molar-refractivity contribution in [3.63, 3.8) is 0 Å². The average molecular weight is 409 g/mol. The molecule has 1 aliphatic rings. The molecule has 0 bridgehead atoms. The van der Waals surface area contributed by atoms with E-state index in [0.717, 1.165) is 7.11 Å². The Hall–Kier alpha value is -2.25. The highest BCUT2D eigenvalue weighted by molar-refractivity contribution is 7.88. The molecule has 146 valence electrons. The normalized spacial score (nSPS) is 16.9. The second-order valence-electron chi connectivity index (χ2n) is 5.26. The fraction of sp³-hybridized carbons (Fsp3) is 0.500. The van der Waals surface area contributed by atoms with Crippen LogP contribution in [0.1, 0.15) is 23.2 Å². The van der Waals surface area contributed by atoms with E-state index < -0.39 is 63.0 Å². The fourth-order valence-electron chi connectivity index (χ4n) is 2.13. The molecule has 0 radical (unpaired) electrons. The third-order valence-corrected chi connectivity index (χ3v) is 4.58. The van der Waals surface area contributed by atoms with Gasteiger partial charge in [0, 0.05) is 12.3 Å². The number of carbonyl (C=O) groups is 1. The molecule has 1 aromatic heterocycles. The van der Waals surface area contributed by atoms with Crippen molar-refractivity contribution in [2.75, 3.05) is 7.11 Å². The van der Waals surface area contributed by atoms with Gasteiger partial charge in [0.2, 0.25) is 0 Å². The van der Waals surface area contributed by atoms with Crippen LogP contribution >= 0.6 is 0 Å². The molecule has 14 heteroatoms. The lowest BCUT2D eigenvalue weighted by Gasteiger charge is -2.23. The zero-order valence-corrected chi connectivity index (χ0v) is 13.5. The van der Waals surface area contributed by atoms with Crippen molar-refractivity contribution in [2.45, 2.75) is 30.1 Å². The molecule has 1 aliphatic carbocycles. The lowest BCUT2D eigenvalue weighted by atomic mass is 10.2. The number of hydrogen-bond acceptors (Lipinski definition) is 6. The molecular formula is C12H9F6NO6S. The van der Waals surface area contributed by atoms with Crippen LogP contribution < -0.4 is 9.74 Å². The maximum Gasteiger partial charge on any atom is 0.534 e. The molecule has 0 atom stereocenters. The molecule has 0 saturated heterocycles. The van der Waals surface area contributed by atoms with E-state index in [1.807, 2.05) is 0 Å². The largest absolute Gasteiger partial charge is 0.534 e. The second-order valence-corrected chi connectivity index (χ2v) is 6.80. The van der Waals surface area contributed by atoms with Crippen LogP contribution in [0.3, 0.4) is 0 Å². The number of rotatable bonds is 4. The summed E-state index contributed by atoms with van der Waals surface area (Å²) in [6.45, 7) is 0. The average Bonchev–Trinajstić information content (AvgIpc) is 3.26. The molecule has 7 nitrogen and oxygen atoms in total. The Kier molecular flexibility index (Phi) is 4.54. The van der Waals surface area contributed by atoms with E-state index in [-0.39, 0.29) is 16.8 Å². The third kappa shape index (κ3) is 3.24. The maximum atomic E-state index is 13.2. The van der Waals surface area contributed by atoms with Crippen molar-refractivity contribution >= 4 is 16.1 Å². The van der Waals surface area contributed by atoms with Gasteiger partial charge in [-0.3, -0.25) is 9.36 Å². The van der Waals surface area contributed by atoms with Crippen LogP contribution in [-0.4, -0.2) is 37.7 Å². The van der Waals surface area contributed by atoms with Gasteiger partial charge in [-0.25, -0.2) is 4.79 Å².